The Labute approximate surface area is 192 Å². The van der Waals surface area contributed by atoms with Crippen LogP contribution < -0.4 is 38.4 Å². The van der Waals surface area contributed by atoms with E-state index in [1.54, 1.807) is 18.2 Å². The molecule has 0 atom stereocenters. The monoisotopic (exact) mass is 428 g/mol. The number of rotatable bonds is 6. The Balaban J connectivity index is 0.00000420. The SMILES string of the molecule is COc1cccc(Cl)c1C(=O)[P-]c1ccc(OC(C)(C)C)cc1OC(C)(C)C.[Li+]. The van der Waals surface area contributed by atoms with Crippen LogP contribution in [0.5, 0.6) is 17.2 Å². The van der Waals surface area contributed by atoms with Crippen molar-refractivity contribution in [3.05, 3.63) is 47.0 Å². The Morgan fingerprint density at radius 1 is 0.931 bits per heavy atom. The van der Waals surface area contributed by atoms with Gasteiger partial charge in [0.25, 0.3) is 0 Å². The summed E-state index contributed by atoms with van der Waals surface area (Å²) in [5, 5.41) is 1.10. The van der Waals surface area contributed by atoms with Crippen molar-refractivity contribution in [1.82, 2.24) is 0 Å². The Morgan fingerprint density at radius 2 is 1.55 bits per heavy atom. The second-order valence-electron chi connectivity index (χ2n) is 8.29. The van der Waals surface area contributed by atoms with Crippen molar-refractivity contribution in [2.75, 3.05) is 7.11 Å². The molecule has 2 rings (SSSR count). The predicted molar refractivity (Wildman–Crippen MR) is 116 cm³/mol. The fraction of sp³-hybridized carbons (Fsp3) is 0.409. The van der Waals surface area contributed by atoms with Gasteiger partial charge in [-0.1, -0.05) is 23.7 Å². The van der Waals surface area contributed by atoms with E-state index in [4.69, 9.17) is 25.8 Å². The van der Waals surface area contributed by atoms with E-state index >= 15 is 0 Å². The summed E-state index contributed by atoms with van der Waals surface area (Å²) in [6.45, 7) is 11.8. The molecule has 0 saturated carbocycles. The molecule has 2 aromatic carbocycles. The van der Waals surface area contributed by atoms with Crippen molar-refractivity contribution in [1.29, 1.82) is 0 Å². The van der Waals surface area contributed by atoms with Crippen LogP contribution in [0.1, 0.15) is 51.9 Å². The number of carbonyl (C=O) groups is 1. The van der Waals surface area contributed by atoms with Gasteiger partial charge in [0.1, 0.15) is 22.7 Å². The first-order chi connectivity index (χ1) is 12.9. The molecular formula is C22H27ClLiO4P. The van der Waals surface area contributed by atoms with Crippen molar-refractivity contribution < 1.29 is 37.9 Å². The maximum atomic E-state index is 13.0. The molecular weight excluding hydrogens is 402 g/mol. The van der Waals surface area contributed by atoms with E-state index in [0.717, 1.165) is 5.30 Å². The van der Waals surface area contributed by atoms with E-state index in [1.165, 1.54) is 7.11 Å². The zero-order valence-electron chi connectivity index (χ0n) is 18.4. The summed E-state index contributed by atoms with van der Waals surface area (Å²) >= 11 is 6.26. The molecule has 0 heterocycles. The molecule has 0 amide bonds. The van der Waals surface area contributed by atoms with Crippen molar-refractivity contribution in [3.8, 4) is 17.2 Å². The quantitative estimate of drug-likeness (QED) is 0.524. The van der Waals surface area contributed by atoms with Crippen LogP contribution in [0.3, 0.4) is 0 Å². The molecule has 0 aliphatic rings. The fourth-order valence-electron chi connectivity index (χ4n) is 2.46. The molecule has 7 heteroatoms. The summed E-state index contributed by atoms with van der Waals surface area (Å²) in [5.74, 6) is 1.75. The molecule has 0 aromatic heterocycles. The van der Waals surface area contributed by atoms with Crippen LogP contribution in [-0.4, -0.2) is 23.8 Å². The molecule has 0 fully saturated rings. The van der Waals surface area contributed by atoms with Gasteiger partial charge in [0.15, 0.2) is 0 Å². The number of halogens is 1. The maximum Gasteiger partial charge on any atom is 1.00 e. The molecule has 0 radical (unpaired) electrons. The van der Waals surface area contributed by atoms with E-state index in [9.17, 15) is 4.79 Å². The maximum absolute atomic E-state index is 13.0. The molecule has 0 unspecified atom stereocenters. The van der Waals surface area contributed by atoms with Gasteiger partial charge in [-0.05, 0) is 59.7 Å². The van der Waals surface area contributed by atoms with E-state index in [-0.39, 0.29) is 30.0 Å². The van der Waals surface area contributed by atoms with Gasteiger partial charge in [-0.25, -0.2) is 0 Å². The van der Waals surface area contributed by atoms with Crippen LogP contribution in [0.25, 0.3) is 0 Å². The third-order valence-corrected chi connectivity index (χ3v) is 4.75. The zero-order valence-corrected chi connectivity index (χ0v) is 20.1. The van der Waals surface area contributed by atoms with Gasteiger partial charge in [0, 0.05) is 17.2 Å². The first-order valence-corrected chi connectivity index (χ1v) is 10.3. The smallest absolute Gasteiger partial charge is 0.496 e. The number of hydrogen-bond acceptors (Lipinski definition) is 4. The van der Waals surface area contributed by atoms with Crippen LogP contribution in [0.4, 0.5) is 0 Å². The predicted octanol–water partition coefficient (Wildman–Crippen LogP) is 3.12. The van der Waals surface area contributed by atoms with E-state index in [0.29, 0.717) is 36.4 Å². The fourth-order valence-corrected chi connectivity index (χ4v) is 3.71. The summed E-state index contributed by atoms with van der Waals surface area (Å²) < 4.78 is 17.4. The van der Waals surface area contributed by atoms with Crippen molar-refractivity contribution in [2.45, 2.75) is 52.7 Å². The van der Waals surface area contributed by atoms with Gasteiger partial charge in [-0.15, -0.1) is 0 Å². The zero-order chi connectivity index (χ0) is 21.1. The third kappa shape index (κ3) is 7.87. The Bertz CT molecular complexity index is 857. The minimum absolute atomic E-state index is 0. The summed E-state index contributed by atoms with van der Waals surface area (Å²) in [6.07, 6.45) is 0. The van der Waals surface area contributed by atoms with Crippen molar-refractivity contribution in [2.24, 2.45) is 0 Å². The number of carbonyl (C=O) groups excluding carboxylic acids is 1. The summed E-state index contributed by atoms with van der Waals surface area (Å²) in [6, 6.07) is 10.7. The van der Waals surface area contributed by atoms with Crippen LogP contribution >= 0.6 is 20.2 Å². The standard InChI is InChI=1S/C22H27ClO4P.Li/c1-21(2,3)26-14-11-12-18(17(13-14)27-22(4,5)6)28-20(24)19-15(23)9-8-10-16(19)25-7;/h8-13H,1-7H3;/q-1;+1. The molecule has 2 aromatic rings. The molecule has 29 heavy (non-hydrogen) atoms. The van der Waals surface area contributed by atoms with Gasteiger partial charge in [0.2, 0.25) is 0 Å². The molecule has 0 aliphatic carbocycles. The summed E-state index contributed by atoms with van der Waals surface area (Å²) in [7, 11) is 1.96. The third-order valence-electron chi connectivity index (χ3n) is 3.40. The number of benzene rings is 2. The van der Waals surface area contributed by atoms with Crippen LogP contribution in [-0.2, 0) is 0 Å². The second-order valence-corrected chi connectivity index (χ2v) is 9.81. The normalized spacial score (nSPS) is 11.9. The van der Waals surface area contributed by atoms with E-state index < -0.39 is 5.60 Å². The van der Waals surface area contributed by atoms with Gasteiger partial charge >= 0.3 is 18.9 Å². The van der Waals surface area contributed by atoms with Crippen LogP contribution in [0.2, 0.25) is 5.02 Å². The topological polar surface area (TPSA) is 44.8 Å². The van der Waals surface area contributed by atoms with Crippen LogP contribution in [0.15, 0.2) is 36.4 Å². The molecule has 152 valence electrons. The minimum Gasteiger partial charge on any atom is -0.496 e. The van der Waals surface area contributed by atoms with Crippen molar-refractivity contribution in [3.63, 3.8) is 0 Å². The van der Waals surface area contributed by atoms with Crippen LogP contribution in [0, 0.1) is 0 Å². The van der Waals surface area contributed by atoms with Gasteiger partial charge in [-0.2, -0.15) is 5.30 Å². The largest absolute Gasteiger partial charge is 1.00 e. The average Bonchev–Trinajstić information content (AvgIpc) is 2.53. The average molecular weight is 429 g/mol. The molecule has 0 N–H and O–H groups in total. The molecule has 0 spiro atoms. The van der Waals surface area contributed by atoms with E-state index in [1.807, 2.05) is 59.7 Å². The summed E-state index contributed by atoms with van der Waals surface area (Å²) in [4.78, 5) is 13.0. The number of ether oxygens (including phenoxy) is 3. The second kappa shape index (κ2) is 10.2. The first-order valence-electron chi connectivity index (χ1n) is 9.00. The van der Waals surface area contributed by atoms with Gasteiger partial charge in [-0.3, -0.25) is 0 Å². The molecule has 0 saturated heterocycles. The van der Waals surface area contributed by atoms with Gasteiger partial charge in [0.05, 0.1) is 17.9 Å². The number of methoxy groups -OCH3 is 1. The minimum atomic E-state index is -0.421. The molecule has 0 bridgehead atoms. The Hall–Kier alpha value is -1.17. The molecule has 0 aliphatic heterocycles. The first kappa shape index (κ1) is 25.9. The van der Waals surface area contributed by atoms with Crippen molar-refractivity contribution >= 4 is 31.0 Å². The summed E-state index contributed by atoms with van der Waals surface area (Å²) in [5.41, 5.74) is -0.551. The Morgan fingerprint density at radius 3 is 2.10 bits per heavy atom. The van der Waals surface area contributed by atoms with E-state index in [2.05, 4.69) is 0 Å². The Kier molecular flexibility index (Phi) is 9.12. The number of hydrogen-bond donors (Lipinski definition) is 0. The van der Waals surface area contributed by atoms with Gasteiger partial charge < -0.3 is 27.6 Å². The molecule has 4 nitrogen and oxygen atoms in total.